The first-order chi connectivity index (χ1) is 12.0. The molecule has 1 aliphatic rings. The van der Waals surface area contributed by atoms with E-state index in [9.17, 15) is 5.11 Å². The lowest BCUT2D eigenvalue weighted by molar-refractivity contribution is 0.323. The van der Waals surface area contributed by atoms with Crippen LogP contribution in [0, 0.1) is 26.7 Å². The van der Waals surface area contributed by atoms with Crippen molar-refractivity contribution in [3.8, 4) is 11.1 Å². The molecule has 3 rings (SSSR count). The Morgan fingerprint density at radius 2 is 1.72 bits per heavy atom. The van der Waals surface area contributed by atoms with E-state index in [-0.39, 0.29) is 0 Å². The summed E-state index contributed by atoms with van der Waals surface area (Å²) in [4.78, 5) is 0. The molecular weight excluding hydrogens is 304 g/mol. The number of aliphatic hydroxyl groups excluding tert-OH is 1. The summed E-state index contributed by atoms with van der Waals surface area (Å²) in [5, 5.41) is 10.3. The molecular formula is C24H30O. The van der Waals surface area contributed by atoms with Crippen molar-refractivity contribution < 1.29 is 5.11 Å². The monoisotopic (exact) mass is 334 g/mol. The van der Waals surface area contributed by atoms with Crippen molar-refractivity contribution in [2.24, 2.45) is 5.92 Å². The molecule has 1 unspecified atom stereocenters. The van der Waals surface area contributed by atoms with Crippen LogP contribution in [0.25, 0.3) is 17.2 Å². The van der Waals surface area contributed by atoms with Gasteiger partial charge in [0.25, 0.3) is 0 Å². The normalized spacial score (nSPS) is 16.7. The first-order valence-corrected chi connectivity index (χ1v) is 9.56. The fourth-order valence-corrected chi connectivity index (χ4v) is 4.55. The fourth-order valence-electron chi connectivity index (χ4n) is 4.55. The van der Waals surface area contributed by atoms with E-state index < -0.39 is 0 Å². The molecule has 0 saturated carbocycles. The summed E-state index contributed by atoms with van der Waals surface area (Å²) in [5.41, 5.74) is 9.33. The first kappa shape index (κ1) is 17.8. The molecule has 1 N–H and O–H groups in total. The molecule has 0 radical (unpaired) electrons. The van der Waals surface area contributed by atoms with Crippen molar-refractivity contribution in [1.82, 2.24) is 0 Å². The summed E-state index contributed by atoms with van der Waals surface area (Å²) in [5.74, 6) is 1.52. The van der Waals surface area contributed by atoms with E-state index in [0.717, 1.165) is 19.3 Å². The molecule has 0 saturated heterocycles. The Bertz CT molecular complexity index is 809. The minimum atomic E-state index is 0.394. The lowest BCUT2D eigenvalue weighted by atomic mass is 9.72. The largest absolute Gasteiger partial charge is 0.512 e. The van der Waals surface area contributed by atoms with Crippen LogP contribution in [0.5, 0.6) is 0 Å². The zero-order valence-corrected chi connectivity index (χ0v) is 16.2. The zero-order valence-electron chi connectivity index (χ0n) is 16.2. The number of hydrogen-bond donors (Lipinski definition) is 1. The molecule has 1 heteroatoms. The summed E-state index contributed by atoms with van der Waals surface area (Å²) in [7, 11) is 0. The average Bonchev–Trinajstić information content (AvgIpc) is 2.57. The van der Waals surface area contributed by atoms with E-state index in [2.05, 4.69) is 65.0 Å². The number of rotatable bonds is 4. The van der Waals surface area contributed by atoms with Crippen LogP contribution in [0.3, 0.4) is 0 Å². The number of aryl methyl sites for hydroxylation is 3. The molecule has 2 aromatic rings. The second-order valence-corrected chi connectivity index (χ2v) is 7.60. The highest BCUT2D eigenvalue weighted by Crippen LogP contribution is 2.46. The summed E-state index contributed by atoms with van der Waals surface area (Å²) in [6.45, 7) is 11.1. The Kier molecular flexibility index (Phi) is 5.03. The van der Waals surface area contributed by atoms with Crippen molar-refractivity contribution in [2.45, 2.75) is 59.8 Å². The zero-order chi connectivity index (χ0) is 18.1. The van der Waals surface area contributed by atoms with E-state index in [1.54, 1.807) is 0 Å². The second kappa shape index (κ2) is 7.07. The maximum absolute atomic E-state index is 10.3. The van der Waals surface area contributed by atoms with Crippen LogP contribution < -0.4 is 0 Å². The molecule has 1 nitrogen and oxygen atoms in total. The molecule has 0 amide bonds. The summed E-state index contributed by atoms with van der Waals surface area (Å²) in [6.07, 6.45) is 5.03. The van der Waals surface area contributed by atoms with Gasteiger partial charge in [-0.25, -0.2) is 0 Å². The van der Waals surface area contributed by atoms with Gasteiger partial charge < -0.3 is 5.11 Å². The fraction of sp³-hybridized carbons (Fsp3) is 0.417. The smallest absolute Gasteiger partial charge is 0.0934 e. The molecule has 25 heavy (non-hydrogen) atoms. The molecule has 0 aliphatic heterocycles. The molecule has 1 aliphatic carbocycles. The Morgan fingerprint density at radius 3 is 2.36 bits per heavy atom. The lowest BCUT2D eigenvalue weighted by Crippen LogP contribution is -2.18. The summed E-state index contributed by atoms with van der Waals surface area (Å²) < 4.78 is 0. The van der Waals surface area contributed by atoms with Gasteiger partial charge in [0.05, 0.1) is 5.76 Å². The number of benzene rings is 2. The summed E-state index contributed by atoms with van der Waals surface area (Å²) in [6, 6.07) is 11.1. The molecule has 1 atom stereocenters. The third-order valence-corrected chi connectivity index (χ3v) is 5.88. The number of aliphatic hydroxyl groups is 1. The molecule has 0 spiro atoms. The minimum absolute atomic E-state index is 0.394. The molecule has 0 fully saturated rings. The van der Waals surface area contributed by atoms with E-state index in [1.807, 2.05) is 6.08 Å². The van der Waals surface area contributed by atoms with Crippen molar-refractivity contribution >= 4 is 6.08 Å². The SMILES string of the molecule is CCC(CC)C1CC(O)=Cc2ccc(C)c(-c3ccc(C)cc3C)c21. The molecule has 0 heterocycles. The van der Waals surface area contributed by atoms with Gasteiger partial charge in [0.15, 0.2) is 0 Å². The standard InChI is InChI=1S/C24H30O/c1-6-18(7-2)22-14-20(25)13-19-10-9-16(4)23(24(19)22)21-11-8-15(3)12-17(21)5/h8-13,18,22,25H,6-7,14H2,1-5H3. The van der Waals surface area contributed by atoms with Crippen LogP contribution in [0.15, 0.2) is 36.1 Å². The van der Waals surface area contributed by atoms with Crippen molar-refractivity contribution in [1.29, 1.82) is 0 Å². The highest BCUT2D eigenvalue weighted by Gasteiger charge is 2.30. The van der Waals surface area contributed by atoms with Crippen LogP contribution in [0.2, 0.25) is 0 Å². The van der Waals surface area contributed by atoms with E-state index >= 15 is 0 Å². The van der Waals surface area contributed by atoms with Gasteiger partial charge in [-0.1, -0.05) is 62.6 Å². The van der Waals surface area contributed by atoms with E-state index in [1.165, 1.54) is 38.9 Å². The van der Waals surface area contributed by atoms with Gasteiger partial charge in [-0.3, -0.25) is 0 Å². The first-order valence-electron chi connectivity index (χ1n) is 9.56. The van der Waals surface area contributed by atoms with Crippen LogP contribution in [-0.4, -0.2) is 5.11 Å². The predicted molar refractivity (Wildman–Crippen MR) is 108 cm³/mol. The van der Waals surface area contributed by atoms with Crippen LogP contribution in [0.1, 0.15) is 66.8 Å². The van der Waals surface area contributed by atoms with Gasteiger partial charge in [-0.05, 0) is 72.1 Å². The van der Waals surface area contributed by atoms with Crippen molar-refractivity contribution in [3.05, 3.63) is 63.9 Å². The predicted octanol–water partition coefficient (Wildman–Crippen LogP) is 7.10. The van der Waals surface area contributed by atoms with Crippen LogP contribution in [0.4, 0.5) is 0 Å². The molecule has 0 aromatic heterocycles. The third-order valence-electron chi connectivity index (χ3n) is 5.88. The lowest BCUT2D eigenvalue weighted by Gasteiger charge is -2.33. The third kappa shape index (κ3) is 3.25. The van der Waals surface area contributed by atoms with E-state index in [4.69, 9.17) is 0 Å². The van der Waals surface area contributed by atoms with E-state index in [0.29, 0.717) is 17.6 Å². The summed E-state index contributed by atoms with van der Waals surface area (Å²) >= 11 is 0. The Balaban J connectivity index is 2.29. The van der Waals surface area contributed by atoms with Crippen LogP contribution >= 0.6 is 0 Å². The number of hydrogen-bond acceptors (Lipinski definition) is 1. The Labute approximate surface area is 152 Å². The maximum atomic E-state index is 10.3. The minimum Gasteiger partial charge on any atom is -0.512 e. The Hall–Kier alpha value is -2.02. The van der Waals surface area contributed by atoms with Gasteiger partial charge in [0, 0.05) is 6.42 Å². The topological polar surface area (TPSA) is 20.2 Å². The van der Waals surface area contributed by atoms with Gasteiger partial charge in [0.1, 0.15) is 0 Å². The number of fused-ring (bicyclic) bond motifs is 1. The van der Waals surface area contributed by atoms with Crippen molar-refractivity contribution in [3.63, 3.8) is 0 Å². The highest BCUT2D eigenvalue weighted by molar-refractivity contribution is 5.80. The highest BCUT2D eigenvalue weighted by atomic mass is 16.3. The van der Waals surface area contributed by atoms with Crippen molar-refractivity contribution in [2.75, 3.05) is 0 Å². The van der Waals surface area contributed by atoms with Gasteiger partial charge in [-0.15, -0.1) is 0 Å². The quantitative estimate of drug-likeness (QED) is 0.632. The average molecular weight is 335 g/mol. The van der Waals surface area contributed by atoms with Gasteiger partial charge in [-0.2, -0.15) is 0 Å². The van der Waals surface area contributed by atoms with Gasteiger partial charge >= 0.3 is 0 Å². The van der Waals surface area contributed by atoms with Gasteiger partial charge in [0.2, 0.25) is 0 Å². The maximum Gasteiger partial charge on any atom is 0.0934 e. The molecule has 0 bridgehead atoms. The molecule has 2 aromatic carbocycles. The number of allylic oxidation sites excluding steroid dienone is 1. The second-order valence-electron chi connectivity index (χ2n) is 7.60. The van der Waals surface area contributed by atoms with Crippen LogP contribution in [-0.2, 0) is 0 Å². The molecule has 132 valence electrons. The Morgan fingerprint density at radius 1 is 1.00 bits per heavy atom.